The van der Waals surface area contributed by atoms with Gasteiger partial charge in [-0.1, -0.05) is 47.5 Å². The molecule has 0 aliphatic carbocycles. The maximum atomic E-state index is 13.5. The summed E-state index contributed by atoms with van der Waals surface area (Å²) in [5, 5.41) is 3.13. The minimum absolute atomic E-state index is 0.106. The van der Waals surface area contributed by atoms with Gasteiger partial charge in [-0.15, -0.1) is 0 Å². The van der Waals surface area contributed by atoms with Gasteiger partial charge in [-0.3, -0.25) is 0 Å². The van der Waals surface area contributed by atoms with Crippen molar-refractivity contribution in [1.29, 1.82) is 0 Å². The van der Waals surface area contributed by atoms with E-state index in [4.69, 9.17) is 37.4 Å². The molecule has 0 amide bonds. The van der Waals surface area contributed by atoms with Crippen molar-refractivity contribution in [2.45, 2.75) is 12.8 Å². The number of esters is 1. The van der Waals surface area contributed by atoms with Crippen molar-refractivity contribution < 1.29 is 32.2 Å². The summed E-state index contributed by atoms with van der Waals surface area (Å²) in [6, 6.07) is 11.7. The molecule has 7 nitrogen and oxygen atoms in total. The summed E-state index contributed by atoms with van der Waals surface area (Å²) < 4.78 is 55.7. The highest BCUT2D eigenvalue weighted by molar-refractivity contribution is 6.42. The van der Waals surface area contributed by atoms with Crippen molar-refractivity contribution in [2.75, 3.05) is 19.5 Å². The Balaban J connectivity index is 1.92. The van der Waals surface area contributed by atoms with Crippen molar-refractivity contribution in [3.63, 3.8) is 0 Å². The minimum Gasteiger partial charge on any atom is -0.503 e. The summed E-state index contributed by atoms with van der Waals surface area (Å²) in [6.07, 6.45) is -3.55. The first-order valence-electron chi connectivity index (χ1n) is 9.83. The number of benzene rings is 2. The van der Waals surface area contributed by atoms with E-state index < -0.39 is 17.8 Å². The first kappa shape index (κ1) is 26.1. The topological polar surface area (TPSA) is 82.6 Å². The maximum absolute atomic E-state index is 13.5. The molecule has 2 aromatic carbocycles. The quantitative estimate of drug-likeness (QED) is 0.209. The molecule has 0 bridgehead atoms. The Labute approximate surface area is 208 Å². The first-order valence-corrected chi connectivity index (χ1v) is 10.6. The number of rotatable bonds is 8. The van der Waals surface area contributed by atoms with Gasteiger partial charge in [-0.05, 0) is 29.3 Å². The van der Waals surface area contributed by atoms with Crippen LogP contribution < -0.4 is 10.1 Å². The standard InChI is InChI=1S/C23H18Cl2F3N3O4/c1-33-12-16(21(32)34-2)15-6-4-3-5-13(15)11-35-20-10-19(23(26,27)28)30-22(31-20)29-14-7-8-17(24)18(25)9-14/h3-10,12H,11H2,1-2H3,(H,29,30,31)/b16-12+. The van der Waals surface area contributed by atoms with Gasteiger partial charge in [-0.2, -0.15) is 18.2 Å². The number of hydrogen-bond acceptors (Lipinski definition) is 7. The van der Waals surface area contributed by atoms with E-state index in [-0.39, 0.29) is 34.1 Å². The van der Waals surface area contributed by atoms with Gasteiger partial charge in [0.1, 0.15) is 12.2 Å². The zero-order valence-electron chi connectivity index (χ0n) is 18.3. The van der Waals surface area contributed by atoms with E-state index in [1.807, 2.05) is 0 Å². The summed E-state index contributed by atoms with van der Waals surface area (Å²) in [4.78, 5) is 19.7. The molecule has 1 aromatic heterocycles. The van der Waals surface area contributed by atoms with E-state index in [2.05, 4.69) is 15.3 Å². The van der Waals surface area contributed by atoms with Gasteiger partial charge in [-0.25, -0.2) is 9.78 Å². The summed E-state index contributed by atoms with van der Waals surface area (Å²) in [5.74, 6) is -1.37. The van der Waals surface area contributed by atoms with Crippen molar-refractivity contribution in [1.82, 2.24) is 9.97 Å². The number of halogens is 5. The number of ether oxygens (including phenoxy) is 3. The van der Waals surface area contributed by atoms with E-state index in [1.165, 1.54) is 38.7 Å². The van der Waals surface area contributed by atoms with Crippen LogP contribution in [0.2, 0.25) is 10.0 Å². The highest BCUT2D eigenvalue weighted by atomic mass is 35.5. The predicted molar refractivity (Wildman–Crippen MR) is 125 cm³/mol. The molecule has 0 spiro atoms. The van der Waals surface area contributed by atoms with Crippen LogP contribution in [0.4, 0.5) is 24.8 Å². The fourth-order valence-corrected chi connectivity index (χ4v) is 3.21. The van der Waals surface area contributed by atoms with Gasteiger partial charge in [0, 0.05) is 11.8 Å². The molecule has 35 heavy (non-hydrogen) atoms. The average Bonchev–Trinajstić information content (AvgIpc) is 2.82. The third kappa shape index (κ3) is 6.77. The van der Waals surface area contributed by atoms with Gasteiger partial charge in [0.2, 0.25) is 11.8 Å². The Hall–Kier alpha value is -3.50. The third-order valence-corrected chi connectivity index (χ3v) is 5.23. The molecule has 1 heterocycles. The number of carbonyl (C=O) groups is 1. The third-order valence-electron chi connectivity index (χ3n) is 4.49. The van der Waals surface area contributed by atoms with Crippen LogP contribution in [0.1, 0.15) is 16.8 Å². The maximum Gasteiger partial charge on any atom is 0.433 e. The van der Waals surface area contributed by atoms with E-state index >= 15 is 0 Å². The molecule has 0 saturated carbocycles. The van der Waals surface area contributed by atoms with E-state index in [1.54, 1.807) is 24.3 Å². The number of nitrogens with one attached hydrogen (secondary N) is 1. The molecule has 3 aromatic rings. The molecule has 0 radical (unpaired) electrons. The van der Waals surface area contributed by atoms with Crippen molar-refractivity contribution in [2.24, 2.45) is 0 Å². The lowest BCUT2D eigenvalue weighted by Crippen LogP contribution is -2.12. The van der Waals surface area contributed by atoms with Crippen molar-refractivity contribution >= 4 is 46.4 Å². The van der Waals surface area contributed by atoms with Crippen LogP contribution in [-0.4, -0.2) is 30.2 Å². The summed E-state index contributed by atoms with van der Waals surface area (Å²) >= 11 is 11.8. The van der Waals surface area contributed by atoms with Crippen LogP contribution in [0, 0.1) is 0 Å². The molecule has 1 N–H and O–H groups in total. The summed E-state index contributed by atoms with van der Waals surface area (Å²) in [5.41, 5.74) is 0.109. The number of alkyl halides is 3. The second-order valence-corrected chi connectivity index (χ2v) is 7.69. The SMILES string of the molecule is CO/C=C(/C(=O)OC)c1ccccc1COc1cc(C(F)(F)F)nc(Nc2ccc(Cl)c(Cl)c2)n1. The molecular formula is C23H18Cl2F3N3O4. The lowest BCUT2D eigenvalue weighted by Gasteiger charge is -2.14. The average molecular weight is 528 g/mol. The monoisotopic (exact) mass is 527 g/mol. The number of nitrogens with zero attached hydrogens (tertiary/aromatic N) is 2. The number of carbonyl (C=O) groups excluding carboxylic acids is 1. The van der Waals surface area contributed by atoms with E-state index in [9.17, 15) is 18.0 Å². The predicted octanol–water partition coefficient (Wildman–Crippen LogP) is 6.29. The molecule has 3 rings (SSSR count). The second kappa shape index (κ2) is 11.3. The van der Waals surface area contributed by atoms with Crippen molar-refractivity contribution in [3.8, 4) is 5.88 Å². The number of hydrogen-bond donors (Lipinski definition) is 1. The largest absolute Gasteiger partial charge is 0.503 e. The fraction of sp³-hybridized carbons (Fsp3) is 0.174. The van der Waals surface area contributed by atoms with Crippen LogP contribution in [0.15, 0.2) is 54.8 Å². The van der Waals surface area contributed by atoms with Crippen LogP contribution >= 0.6 is 23.2 Å². The van der Waals surface area contributed by atoms with Gasteiger partial charge >= 0.3 is 12.1 Å². The number of aromatic nitrogens is 2. The first-order chi connectivity index (χ1) is 16.6. The Morgan fingerprint density at radius 1 is 1.06 bits per heavy atom. The summed E-state index contributed by atoms with van der Waals surface area (Å²) in [7, 11) is 2.58. The van der Waals surface area contributed by atoms with E-state index in [0.717, 1.165) is 0 Å². The highest BCUT2D eigenvalue weighted by Gasteiger charge is 2.34. The molecule has 0 fully saturated rings. The van der Waals surface area contributed by atoms with Gasteiger partial charge in [0.05, 0.1) is 30.5 Å². The van der Waals surface area contributed by atoms with E-state index in [0.29, 0.717) is 22.9 Å². The zero-order valence-corrected chi connectivity index (χ0v) is 19.8. The number of methoxy groups -OCH3 is 2. The van der Waals surface area contributed by atoms with Crippen LogP contribution in [0.5, 0.6) is 5.88 Å². The molecule has 0 saturated heterocycles. The number of anilines is 2. The zero-order chi connectivity index (χ0) is 25.6. The smallest absolute Gasteiger partial charge is 0.433 e. The minimum atomic E-state index is -4.76. The Bertz CT molecular complexity index is 1250. The second-order valence-electron chi connectivity index (χ2n) is 6.87. The summed E-state index contributed by atoms with van der Waals surface area (Å²) in [6.45, 7) is -0.214. The lowest BCUT2D eigenvalue weighted by molar-refractivity contribution is -0.141. The van der Waals surface area contributed by atoms with Gasteiger partial charge in [0.15, 0.2) is 5.69 Å². The Morgan fingerprint density at radius 3 is 2.46 bits per heavy atom. The molecule has 0 atom stereocenters. The van der Waals surface area contributed by atoms with Crippen LogP contribution in [-0.2, 0) is 27.1 Å². The molecule has 0 aliphatic heterocycles. The highest BCUT2D eigenvalue weighted by Crippen LogP contribution is 2.32. The Morgan fingerprint density at radius 2 is 1.80 bits per heavy atom. The normalized spacial score (nSPS) is 11.7. The van der Waals surface area contributed by atoms with Gasteiger partial charge < -0.3 is 19.5 Å². The lowest BCUT2D eigenvalue weighted by atomic mass is 10.0. The van der Waals surface area contributed by atoms with Gasteiger partial charge in [0.25, 0.3) is 0 Å². The molecular weight excluding hydrogens is 510 g/mol. The molecule has 12 heteroatoms. The fourth-order valence-electron chi connectivity index (χ4n) is 2.91. The molecule has 184 valence electrons. The Kier molecular flexibility index (Phi) is 8.42. The van der Waals surface area contributed by atoms with Crippen LogP contribution in [0.3, 0.4) is 0 Å². The molecule has 0 unspecified atom stereocenters. The van der Waals surface area contributed by atoms with Crippen molar-refractivity contribution in [3.05, 3.63) is 81.7 Å². The molecule has 0 aliphatic rings. The van der Waals surface area contributed by atoms with Crippen LogP contribution in [0.25, 0.3) is 5.57 Å².